The molecule has 0 unspecified atom stereocenters. The van der Waals surface area contributed by atoms with Crippen molar-refractivity contribution < 1.29 is 4.42 Å². The lowest BCUT2D eigenvalue weighted by molar-refractivity contribution is 0.469. The zero-order valence-corrected chi connectivity index (χ0v) is 5.55. The zero-order valence-electron chi connectivity index (χ0n) is 5.55. The van der Waals surface area contributed by atoms with E-state index in [1.165, 1.54) is 0 Å². The maximum atomic E-state index is 5.21. The summed E-state index contributed by atoms with van der Waals surface area (Å²) in [5, 5.41) is 0. The van der Waals surface area contributed by atoms with E-state index in [0.717, 1.165) is 18.1 Å². The molecule has 2 nitrogen and oxygen atoms in total. The van der Waals surface area contributed by atoms with Gasteiger partial charge in [-0.2, -0.15) is 0 Å². The predicted molar refractivity (Wildman–Crippen MR) is 34.9 cm³/mol. The maximum absolute atomic E-state index is 5.21. The Kier molecular flexibility index (Phi) is 1.88. The van der Waals surface area contributed by atoms with Crippen LogP contribution in [0.1, 0.15) is 18.6 Å². The third kappa shape index (κ3) is 1.31. The quantitative estimate of drug-likeness (QED) is 0.598. The van der Waals surface area contributed by atoms with E-state index in [2.05, 4.69) is 11.9 Å². The molecule has 49 valence electrons. The second kappa shape index (κ2) is 2.67. The Morgan fingerprint density at radius 1 is 1.78 bits per heavy atom. The van der Waals surface area contributed by atoms with Gasteiger partial charge in [-0.1, -0.05) is 6.92 Å². The molecule has 2 heteroatoms. The average molecular weight is 124 g/mol. The van der Waals surface area contributed by atoms with Gasteiger partial charge in [0.25, 0.3) is 0 Å². The minimum Gasteiger partial charge on any atom is -0.446 e. The van der Waals surface area contributed by atoms with Gasteiger partial charge in [-0.15, -0.1) is 0 Å². The molecule has 0 saturated heterocycles. The molecule has 0 bridgehead atoms. The molecule has 1 aromatic rings. The van der Waals surface area contributed by atoms with Crippen LogP contribution >= 0.6 is 0 Å². The number of nitrogens with zero attached hydrogens (tertiary/aromatic N) is 1. The van der Waals surface area contributed by atoms with Crippen LogP contribution in [0.3, 0.4) is 0 Å². The smallest absolute Gasteiger partial charge is 0.194 e. The summed E-state index contributed by atoms with van der Waals surface area (Å²) in [6, 6.07) is 0. The van der Waals surface area contributed by atoms with E-state index >= 15 is 0 Å². The molecule has 0 fully saturated rings. The molecule has 0 aliphatic carbocycles. The highest BCUT2D eigenvalue weighted by atomic mass is 16.4. The van der Waals surface area contributed by atoms with Gasteiger partial charge in [0.05, 0.1) is 6.20 Å². The minimum absolute atomic E-state index is 0.639. The van der Waals surface area contributed by atoms with Crippen molar-refractivity contribution in [2.75, 3.05) is 0 Å². The van der Waals surface area contributed by atoms with Crippen molar-refractivity contribution in [3.05, 3.63) is 24.8 Å². The van der Waals surface area contributed by atoms with Crippen LogP contribution in [0.4, 0.5) is 0 Å². The molecule has 0 amide bonds. The Morgan fingerprint density at radius 3 is 2.89 bits per heavy atom. The number of rotatable bonds is 2. The molecule has 0 aromatic carbocycles. The summed E-state index contributed by atoms with van der Waals surface area (Å²) < 4.78 is 5.21. The van der Waals surface area contributed by atoms with Gasteiger partial charge >= 0.3 is 0 Å². The van der Waals surface area contributed by atoms with Crippen LogP contribution in [0.5, 0.6) is 0 Å². The normalized spacial score (nSPS) is 10.0. The van der Waals surface area contributed by atoms with E-state index in [9.17, 15) is 0 Å². The Balaban J connectivity index is 2.74. The Bertz CT molecular complexity index is 162. The fourth-order valence-corrected chi connectivity index (χ4v) is 0.627. The Morgan fingerprint density at radius 2 is 2.56 bits per heavy atom. The number of hydrogen-bond donors (Lipinski definition) is 0. The number of oxazole rings is 1. The zero-order chi connectivity index (χ0) is 6.69. The van der Waals surface area contributed by atoms with Gasteiger partial charge in [0.2, 0.25) is 0 Å². The molecule has 0 saturated carbocycles. The van der Waals surface area contributed by atoms with E-state index < -0.39 is 0 Å². The highest BCUT2D eigenvalue weighted by molar-refractivity contribution is 4.93. The van der Waals surface area contributed by atoms with E-state index in [-0.39, 0.29) is 0 Å². The summed E-state index contributed by atoms with van der Waals surface area (Å²) >= 11 is 0. The van der Waals surface area contributed by atoms with Crippen molar-refractivity contribution in [3.63, 3.8) is 0 Å². The third-order valence-corrected chi connectivity index (χ3v) is 1.16. The molecular weight excluding hydrogens is 114 g/mol. The van der Waals surface area contributed by atoms with E-state index in [1.54, 1.807) is 6.20 Å². The molecule has 0 spiro atoms. The largest absolute Gasteiger partial charge is 0.446 e. The first-order valence-corrected chi connectivity index (χ1v) is 3.09. The fraction of sp³-hybridized carbons (Fsp3) is 0.429. The Hall–Kier alpha value is -0.790. The SMILES string of the molecule is [CH2]Cc1ncc(CC)o1. The van der Waals surface area contributed by atoms with Gasteiger partial charge in [-0.25, -0.2) is 4.98 Å². The topological polar surface area (TPSA) is 26.0 Å². The first-order chi connectivity index (χ1) is 4.36. The second-order valence-electron chi connectivity index (χ2n) is 1.82. The van der Waals surface area contributed by atoms with Crippen LogP contribution in [0, 0.1) is 6.92 Å². The van der Waals surface area contributed by atoms with Crippen LogP contribution in [-0.4, -0.2) is 4.98 Å². The molecular formula is C7H10NO. The summed E-state index contributed by atoms with van der Waals surface area (Å²) in [7, 11) is 0. The van der Waals surface area contributed by atoms with Crippen LogP contribution in [0.15, 0.2) is 10.6 Å². The van der Waals surface area contributed by atoms with Crippen LogP contribution in [0.25, 0.3) is 0 Å². The summed E-state index contributed by atoms with van der Waals surface area (Å²) in [4.78, 5) is 3.98. The van der Waals surface area contributed by atoms with Gasteiger partial charge in [0.1, 0.15) is 5.76 Å². The van der Waals surface area contributed by atoms with E-state index in [4.69, 9.17) is 4.42 Å². The summed E-state index contributed by atoms with van der Waals surface area (Å²) in [6.45, 7) is 5.68. The standard InChI is InChI=1S/C7H10NO/c1-3-6-5-8-7(4-2)9-6/h5H,2-4H2,1H3. The number of hydrogen-bond acceptors (Lipinski definition) is 2. The van der Waals surface area contributed by atoms with E-state index in [1.807, 2.05) is 6.92 Å². The van der Waals surface area contributed by atoms with Crippen molar-refractivity contribution in [3.8, 4) is 0 Å². The maximum Gasteiger partial charge on any atom is 0.194 e. The van der Waals surface area contributed by atoms with Crippen LogP contribution < -0.4 is 0 Å². The number of aryl methyl sites for hydroxylation is 1. The monoisotopic (exact) mass is 124 g/mol. The van der Waals surface area contributed by atoms with Crippen molar-refractivity contribution in [2.45, 2.75) is 19.8 Å². The molecule has 1 radical (unpaired) electrons. The second-order valence-corrected chi connectivity index (χ2v) is 1.82. The molecule has 0 atom stereocenters. The first-order valence-electron chi connectivity index (χ1n) is 3.09. The van der Waals surface area contributed by atoms with Crippen LogP contribution in [0.2, 0.25) is 0 Å². The lowest BCUT2D eigenvalue weighted by atomic mass is 10.4. The lowest BCUT2D eigenvalue weighted by Gasteiger charge is -1.84. The van der Waals surface area contributed by atoms with Gasteiger partial charge in [-0.3, -0.25) is 0 Å². The van der Waals surface area contributed by atoms with Crippen molar-refractivity contribution >= 4 is 0 Å². The van der Waals surface area contributed by atoms with Gasteiger partial charge in [0, 0.05) is 12.8 Å². The molecule has 9 heavy (non-hydrogen) atoms. The molecule has 0 N–H and O–H groups in total. The number of aromatic nitrogens is 1. The van der Waals surface area contributed by atoms with E-state index in [0.29, 0.717) is 6.42 Å². The highest BCUT2D eigenvalue weighted by Gasteiger charge is 1.96. The van der Waals surface area contributed by atoms with Crippen molar-refractivity contribution in [1.82, 2.24) is 4.98 Å². The molecule has 0 aliphatic heterocycles. The highest BCUT2D eigenvalue weighted by Crippen LogP contribution is 2.03. The molecule has 0 aliphatic rings. The molecule has 1 heterocycles. The average Bonchev–Trinajstić information content (AvgIpc) is 2.34. The fourth-order valence-electron chi connectivity index (χ4n) is 0.627. The minimum atomic E-state index is 0.639. The van der Waals surface area contributed by atoms with Crippen molar-refractivity contribution in [2.24, 2.45) is 0 Å². The lowest BCUT2D eigenvalue weighted by Crippen LogP contribution is -1.74. The predicted octanol–water partition coefficient (Wildman–Crippen LogP) is 1.61. The first kappa shape index (κ1) is 6.33. The molecule has 1 rings (SSSR count). The summed E-state index contributed by atoms with van der Waals surface area (Å²) in [5.41, 5.74) is 0. The van der Waals surface area contributed by atoms with Gasteiger partial charge in [-0.05, 0) is 6.92 Å². The summed E-state index contributed by atoms with van der Waals surface area (Å²) in [5.74, 6) is 1.67. The Labute approximate surface area is 54.9 Å². The molecule has 1 aromatic heterocycles. The van der Waals surface area contributed by atoms with Crippen molar-refractivity contribution in [1.29, 1.82) is 0 Å². The van der Waals surface area contributed by atoms with Gasteiger partial charge in [0.15, 0.2) is 5.89 Å². The van der Waals surface area contributed by atoms with Gasteiger partial charge < -0.3 is 4.42 Å². The third-order valence-electron chi connectivity index (χ3n) is 1.16. The van der Waals surface area contributed by atoms with Crippen LogP contribution in [-0.2, 0) is 12.8 Å². The summed E-state index contributed by atoms with van der Waals surface area (Å²) in [6.07, 6.45) is 3.30.